The van der Waals surface area contributed by atoms with Crippen LogP contribution in [0.1, 0.15) is 28.7 Å². The second-order valence-electron chi connectivity index (χ2n) is 7.08. The molecule has 4 rings (SSSR count). The van der Waals surface area contributed by atoms with Gasteiger partial charge in [-0.15, -0.1) is 0 Å². The van der Waals surface area contributed by atoms with E-state index in [1.165, 1.54) is 22.8 Å². The lowest BCUT2D eigenvalue weighted by Gasteiger charge is -2.28. The summed E-state index contributed by atoms with van der Waals surface area (Å²) in [6, 6.07) is 17.1. The third kappa shape index (κ3) is 3.55. The number of hydrogen-bond donors (Lipinski definition) is 1. The molecule has 1 aliphatic heterocycles. The van der Waals surface area contributed by atoms with Gasteiger partial charge in [-0.1, -0.05) is 54.6 Å². The van der Waals surface area contributed by atoms with Crippen molar-refractivity contribution in [3.8, 4) is 0 Å². The summed E-state index contributed by atoms with van der Waals surface area (Å²) in [6.45, 7) is 2.66. The predicted octanol–water partition coefficient (Wildman–Crippen LogP) is 3.48. The number of hydrogen-bond acceptors (Lipinski definition) is 3. The SMILES string of the molecule is O=C(/C=C/c1ccc(CN2CCC3=C(Cc4ccccc43)C2)cc1)CO. The molecule has 0 amide bonds. The first-order chi connectivity index (χ1) is 12.7. The standard InChI is InChI=1S/C23H23NO2/c25-16-21(26)10-9-17-5-7-18(8-6-17)14-24-12-11-23-20(15-24)13-19-3-1-2-4-22(19)23/h1-10,25H,11-16H2/b10-9+. The van der Waals surface area contributed by atoms with Crippen LogP contribution in [-0.2, 0) is 17.8 Å². The Labute approximate surface area is 154 Å². The highest BCUT2D eigenvalue weighted by molar-refractivity contribution is 5.94. The average molecular weight is 345 g/mol. The number of carbonyl (C=O) groups is 1. The van der Waals surface area contributed by atoms with Gasteiger partial charge in [0.2, 0.25) is 0 Å². The molecular weight excluding hydrogens is 322 g/mol. The lowest BCUT2D eigenvalue weighted by Crippen LogP contribution is -2.30. The van der Waals surface area contributed by atoms with E-state index in [-0.39, 0.29) is 5.78 Å². The van der Waals surface area contributed by atoms with Gasteiger partial charge in [-0.25, -0.2) is 0 Å². The van der Waals surface area contributed by atoms with Gasteiger partial charge in [0.25, 0.3) is 0 Å². The van der Waals surface area contributed by atoms with Crippen LogP contribution in [0.5, 0.6) is 0 Å². The van der Waals surface area contributed by atoms with Crippen molar-refractivity contribution in [1.29, 1.82) is 0 Å². The molecule has 0 saturated heterocycles. The summed E-state index contributed by atoms with van der Waals surface area (Å²) >= 11 is 0. The maximum Gasteiger partial charge on any atom is 0.181 e. The van der Waals surface area contributed by atoms with Crippen molar-refractivity contribution in [1.82, 2.24) is 4.90 Å². The Balaban J connectivity index is 1.39. The molecule has 0 saturated carbocycles. The molecule has 1 heterocycles. The molecule has 1 N–H and O–H groups in total. The van der Waals surface area contributed by atoms with E-state index in [2.05, 4.69) is 41.3 Å². The second kappa shape index (κ2) is 7.40. The maximum atomic E-state index is 11.1. The van der Waals surface area contributed by atoms with Crippen molar-refractivity contribution in [2.75, 3.05) is 19.7 Å². The van der Waals surface area contributed by atoms with E-state index < -0.39 is 6.61 Å². The molecule has 0 unspecified atom stereocenters. The topological polar surface area (TPSA) is 40.5 Å². The van der Waals surface area contributed by atoms with Gasteiger partial charge >= 0.3 is 0 Å². The quantitative estimate of drug-likeness (QED) is 0.844. The Hall–Kier alpha value is -2.49. The van der Waals surface area contributed by atoms with Gasteiger partial charge in [-0.3, -0.25) is 9.69 Å². The zero-order valence-electron chi connectivity index (χ0n) is 14.8. The summed E-state index contributed by atoms with van der Waals surface area (Å²) in [6.07, 6.45) is 5.41. The van der Waals surface area contributed by atoms with Crippen LogP contribution in [0.2, 0.25) is 0 Å². The molecule has 0 fully saturated rings. The highest BCUT2D eigenvalue weighted by Crippen LogP contribution is 2.38. The van der Waals surface area contributed by atoms with Gasteiger partial charge in [0, 0.05) is 19.6 Å². The molecule has 2 aliphatic rings. The van der Waals surface area contributed by atoms with Crippen LogP contribution in [-0.4, -0.2) is 35.5 Å². The van der Waals surface area contributed by atoms with E-state index in [1.54, 1.807) is 17.2 Å². The molecule has 0 spiro atoms. The fourth-order valence-electron chi connectivity index (χ4n) is 3.95. The predicted molar refractivity (Wildman–Crippen MR) is 105 cm³/mol. The Morgan fingerprint density at radius 1 is 1.12 bits per heavy atom. The molecule has 132 valence electrons. The van der Waals surface area contributed by atoms with Crippen LogP contribution in [0.15, 0.2) is 60.2 Å². The first-order valence-corrected chi connectivity index (χ1v) is 9.15. The van der Waals surface area contributed by atoms with Crippen molar-refractivity contribution in [2.45, 2.75) is 19.4 Å². The van der Waals surface area contributed by atoms with Crippen molar-refractivity contribution in [3.63, 3.8) is 0 Å². The first kappa shape index (κ1) is 17.0. The molecule has 3 heteroatoms. The second-order valence-corrected chi connectivity index (χ2v) is 7.08. The van der Waals surface area contributed by atoms with Crippen molar-refractivity contribution >= 4 is 17.4 Å². The third-order valence-corrected chi connectivity index (χ3v) is 5.27. The maximum absolute atomic E-state index is 11.1. The van der Waals surface area contributed by atoms with Crippen LogP contribution in [0, 0.1) is 0 Å². The van der Waals surface area contributed by atoms with Crippen LogP contribution in [0.25, 0.3) is 11.6 Å². The number of carbonyl (C=O) groups excluding carboxylic acids is 1. The van der Waals surface area contributed by atoms with Gasteiger partial charge in [0.05, 0.1) is 0 Å². The molecule has 0 aromatic heterocycles. The smallest absolute Gasteiger partial charge is 0.181 e. The molecule has 26 heavy (non-hydrogen) atoms. The molecule has 0 bridgehead atoms. The van der Waals surface area contributed by atoms with Gasteiger partial charge in [0.1, 0.15) is 6.61 Å². The third-order valence-electron chi connectivity index (χ3n) is 5.27. The highest BCUT2D eigenvalue weighted by atomic mass is 16.3. The minimum absolute atomic E-state index is 0.274. The summed E-state index contributed by atoms with van der Waals surface area (Å²) in [7, 11) is 0. The number of aliphatic hydroxyl groups excluding tert-OH is 1. The Morgan fingerprint density at radius 3 is 2.73 bits per heavy atom. The van der Waals surface area contributed by atoms with Gasteiger partial charge in [-0.2, -0.15) is 0 Å². The Kier molecular flexibility index (Phi) is 4.83. The zero-order chi connectivity index (χ0) is 17.9. The van der Waals surface area contributed by atoms with Crippen LogP contribution in [0.4, 0.5) is 0 Å². The Morgan fingerprint density at radius 2 is 1.92 bits per heavy atom. The lowest BCUT2D eigenvalue weighted by atomic mass is 9.99. The number of rotatable bonds is 5. The fraction of sp³-hybridized carbons (Fsp3) is 0.261. The lowest BCUT2D eigenvalue weighted by molar-refractivity contribution is -0.117. The van der Waals surface area contributed by atoms with E-state index in [9.17, 15) is 4.79 Å². The number of fused-ring (bicyclic) bond motifs is 2. The van der Waals surface area contributed by atoms with Crippen molar-refractivity contribution < 1.29 is 9.90 Å². The van der Waals surface area contributed by atoms with E-state index >= 15 is 0 Å². The molecule has 0 atom stereocenters. The van der Waals surface area contributed by atoms with Gasteiger partial charge < -0.3 is 5.11 Å². The number of nitrogens with zero attached hydrogens (tertiary/aromatic N) is 1. The van der Waals surface area contributed by atoms with Gasteiger partial charge in [0.15, 0.2) is 5.78 Å². The molecule has 2 aromatic rings. The number of ketones is 1. The normalized spacial score (nSPS) is 16.8. The van der Waals surface area contributed by atoms with Crippen molar-refractivity contribution in [2.24, 2.45) is 0 Å². The minimum atomic E-state index is -0.439. The van der Waals surface area contributed by atoms with Crippen LogP contribution < -0.4 is 0 Å². The largest absolute Gasteiger partial charge is 0.388 e. The molecule has 3 nitrogen and oxygen atoms in total. The molecule has 0 radical (unpaired) electrons. The first-order valence-electron chi connectivity index (χ1n) is 9.15. The summed E-state index contributed by atoms with van der Waals surface area (Å²) in [5, 5.41) is 8.75. The minimum Gasteiger partial charge on any atom is -0.388 e. The summed E-state index contributed by atoms with van der Waals surface area (Å²) in [5.41, 5.74) is 8.37. The van der Waals surface area contributed by atoms with Crippen LogP contribution in [0.3, 0.4) is 0 Å². The highest BCUT2D eigenvalue weighted by Gasteiger charge is 2.26. The monoisotopic (exact) mass is 345 g/mol. The molecule has 2 aromatic carbocycles. The van der Waals surface area contributed by atoms with E-state index in [0.717, 1.165) is 38.0 Å². The number of benzene rings is 2. The molecule has 1 aliphatic carbocycles. The average Bonchev–Trinajstić information content (AvgIpc) is 3.05. The van der Waals surface area contributed by atoms with Crippen LogP contribution >= 0.6 is 0 Å². The summed E-state index contributed by atoms with van der Waals surface area (Å²) < 4.78 is 0. The summed E-state index contributed by atoms with van der Waals surface area (Å²) in [4.78, 5) is 13.7. The number of aliphatic hydroxyl groups is 1. The van der Waals surface area contributed by atoms with E-state index in [0.29, 0.717) is 0 Å². The van der Waals surface area contributed by atoms with E-state index in [4.69, 9.17) is 5.11 Å². The fourth-order valence-corrected chi connectivity index (χ4v) is 3.95. The Bertz CT molecular complexity index is 877. The zero-order valence-corrected chi connectivity index (χ0v) is 14.8. The summed E-state index contributed by atoms with van der Waals surface area (Å²) in [5.74, 6) is -0.274. The van der Waals surface area contributed by atoms with Crippen molar-refractivity contribution in [3.05, 3.63) is 82.4 Å². The molecular formula is C23H23NO2. The van der Waals surface area contributed by atoms with E-state index in [1.807, 2.05) is 12.1 Å². The van der Waals surface area contributed by atoms with Gasteiger partial charge in [-0.05, 0) is 52.3 Å².